The van der Waals surface area contributed by atoms with Gasteiger partial charge in [0.1, 0.15) is 5.75 Å². The zero-order valence-electron chi connectivity index (χ0n) is 21.4. The van der Waals surface area contributed by atoms with Crippen LogP contribution >= 0.6 is 0 Å². The number of rotatable bonds is 13. The number of aliphatic hydroxyl groups excluding tert-OH is 1. The average molecular weight is 487 g/mol. The van der Waals surface area contributed by atoms with E-state index in [-0.39, 0.29) is 17.1 Å². The first-order chi connectivity index (χ1) is 16.0. The summed E-state index contributed by atoms with van der Waals surface area (Å²) in [6, 6.07) is 9.84. The van der Waals surface area contributed by atoms with E-state index in [1.165, 1.54) is 11.6 Å². The minimum atomic E-state index is -2.19. The van der Waals surface area contributed by atoms with Gasteiger partial charge in [0, 0.05) is 5.92 Å². The van der Waals surface area contributed by atoms with Crippen LogP contribution in [-0.4, -0.2) is 43.3 Å². The van der Waals surface area contributed by atoms with Crippen molar-refractivity contribution in [3.05, 3.63) is 59.9 Å². The van der Waals surface area contributed by atoms with Gasteiger partial charge in [-0.25, -0.2) is 4.79 Å². The lowest BCUT2D eigenvalue weighted by atomic mass is 9.91. The number of carbonyl (C=O) groups is 1. The SMILES string of the molecule is CC(C)(C)[Si](C)(C)OC(C=C=CCC[C@@H]1C(CCCCOc2ccccc2)=CC[C@@H]1O)C(=O)O. The van der Waals surface area contributed by atoms with Crippen molar-refractivity contribution in [2.45, 2.75) is 89.6 Å². The first-order valence-corrected chi connectivity index (χ1v) is 15.3. The third-order valence-corrected chi connectivity index (χ3v) is 11.3. The Labute approximate surface area is 206 Å². The van der Waals surface area contributed by atoms with Crippen molar-refractivity contribution in [1.82, 2.24) is 0 Å². The number of carboxylic acid groups (broad SMARTS) is 1. The Morgan fingerprint density at radius 2 is 1.94 bits per heavy atom. The topological polar surface area (TPSA) is 76.0 Å². The van der Waals surface area contributed by atoms with Crippen LogP contribution in [0.25, 0.3) is 0 Å². The molecular formula is C28H42O5Si. The van der Waals surface area contributed by atoms with Crippen molar-refractivity contribution in [2.75, 3.05) is 6.61 Å². The van der Waals surface area contributed by atoms with E-state index in [2.05, 4.69) is 32.6 Å². The van der Waals surface area contributed by atoms with Crippen LogP contribution in [0.2, 0.25) is 18.1 Å². The van der Waals surface area contributed by atoms with Gasteiger partial charge in [-0.3, -0.25) is 0 Å². The molecule has 0 saturated heterocycles. The van der Waals surface area contributed by atoms with Gasteiger partial charge in [-0.1, -0.05) is 50.6 Å². The van der Waals surface area contributed by atoms with Crippen LogP contribution in [0.3, 0.4) is 0 Å². The molecule has 0 radical (unpaired) electrons. The highest BCUT2D eigenvalue weighted by molar-refractivity contribution is 6.74. The molecule has 6 heteroatoms. The number of para-hydroxylation sites is 1. The Hall–Kier alpha value is -2.11. The van der Waals surface area contributed by atoms with Gasteiger partial charge in [-0.05, 0) is 80.9 Å². The molecule has 1 aliphatic carbocycles. The smallest absolute Gasteiger partial charge is 0.336 e. The molecule has 2 rings (SSSR count). The van der Waals surface area contributed by atoms with E-state index in [0.717, 1.165) is 37.9 Å². The zero-order valence-corrected chi connectivity index (χ0v) is 22.4. The van der Waals surface area contributed by atoms with Gasteiger partial charge in [0.2, 0.25) is 0 Å². The van der Waals surface area contributed by atoms with Crippen LogP contribution in [0.4, 0.5) is 0 Å². The number of aliphatic hydroxyl groups is 1. The molecule has 0 aromatic heterocycles. The van der Waals surface area contributed by atoms with E-state index in [1.807, 2.05) is 49.5 Å². The van der Waals surface area contributed by atoms with Crippen LogP contribution in [0.15, 0.2) is 59.9 Å². The summed E-state index contributed by atoms with van der Waals surface area (Å²) in [5.74, 6) is 0.0702. The molecule has 1 aromatic rings. The zero-order chi connectivity index (χ0) is 25.2. The monoisotopic (exact) mass is 486 g/mol. The second-order valence-corrected chi connectivity index (χ2v) is 15.3. The second kappa shape index (κ2) is 13.1. The summed E-state index contributed by atoms with van der Waals surface area (Å²) in [6.07, 6.45) is 9.49. The maximum Gasteiger partial charge on any atom is 0.336 e. The first-order valence-electron chi connectivity index (χ1n) is 12.4. The Bertz CT molecular complexity index is 863. The minimum Gasteiger partial charge on any atom is -0.494 e. The van der Waals surface area contributed by atoms with Crippen LogP contribution in [0, 0.1) is 5.92 Å². The molecular weight excluding hydrogens is 444 g/mol. The van der Waals surface area contributed by atoms with Gasteiger partial charge in [0.25, 0.3) is 0 Å². The molecule has 0 spiro atoms. The maximum atomic E-state index is 11.7. The van der Waals surface area contributed by atoms with Crippen molar-refractivity contribution < 1.29 is 24.2 Å². The molecule has 5 nitrogen and oxygen atoms in total. The lowest BCUT2D eigenvalue weighted by Crippen LogP contribution is -2.45. The minimum absolute atomic E-state index is 0.0622. The Balaban J connectivity index is 1.79. The number of hydrogen-bond acceptors (Lipinski definition) is 4. The Morgan fingerprint density at radius 1 is 1.24 bits per heavy atom. The Morgan fingerprint density at radius 3 is 2.59 bits per heavy atom. The molecule has 1 unspecified atom stereocenters. The molecule has 0 fully saturated rings. The second-order valence-electron chi connectivity index (χ2n) is 10.6. The average Bonchev–Trinajstić information content (AvgIpc) is 3.11. The largest absolute Gasteiger partial charge is 0.494 e. The quantitative estimate of drug-likeness (QED) is 0.144. The summed E-state index contributed by atoms with van der Waals surface area (Å²) < 4.78 is 11.8. The van der Waals surface area contributed by atoms with Crippen LogP contribution in [0.1, 0.15) is 59.3 Å². The van der Waals surface area contributed by atoms with Crippen LogP contribution in [0.5, 0.6) is 5.75 Å². The third kappa shape index (κ3) is 8.92. The summed E-state index contributed by atoms with van der Waals surface area (Å²) in [7, 11) is -2.19. The van der Waals surface area contributed by atoms with E-state index < -0.39 is 20.4 Å². The summed E-state index contributed by atoms with van der Waals surface area (Å²) in [5, 5.41) is 19.9. The van der Waals surface area contributed by atoms with Crippen molar-refractivity contribution in [2.24, 2.45) is 5.92 Å². The highest BCUT2D eigenvalue weighted by Gasteiger charge is 2.40. The number of ether oxygens (including phenoxy) is 1. The van der Waals surface area contributed by atoms with Crippen molar-refractivity contribution in [1.29, 1.82) is 0 Å². The van der Waals surface area contributed by atoms with E-state index in [4.69, 9.17) is 9.16 Å². The molecule has 1 aromatic carbocycles. The fourth-order valence-electron chi connectivity index (χ4n) is 3.79. The number of benzene rings is 1. The summed E-state index contributed by atoms with van der Waals surface area (Å²) in [4.78, 5) is 11.7. The van der Waals surface area contributed by atoms with E-state index in [1.54, 1.807) is 0 Å². The fraction of sp³-hybridized carbons (Fsp3) is 0.571. The summed E-state index contributed by atoms with van der Waals surface area (Å²) in [6.45, 7) is 11.1. The van der Waals surface area contributed by atoms with Crippen molar-refractivity contribution in [3.63, 3.8) is 0 Å². The Kier molecular flexibility index (Phi) is 10.8. The van der Waals surface area contributed by atoms with E-state index in [9.17, 15) is 15.0 Å². The van der Waals surface area contributed by atoms with Gasteiger partial charge in [-0.15, -0.1) is 5.73 Å². The molecule has 188 valence electrons. The number of hydrogen-bond donors (Lipinski definition) is 2. The summed E-state index contributed by atoms with van der Waals surface area (Å²) >= 11 is 0. The maximum absolute atomic E-state index is 11.7. The van der Waals surface area contributed by atoms with Crippen LogP contribution < -0.4 is 4.74 Å². The number of unbranched alkanes of at least 4 members (excludes halogenated alkanes) is 1. The molecule has 2 N–H and O–H groups in total. The van der Waals surface area contributed by atoms with Crippen molar-refractivity contribution >= 4 is 14.3 Å². The standard InChI is InChI=1S/C28H42O5Si/c1-28(2,3)34(4,5)33-26(27(30)31)18-11-7-10-17-24-22(19-20-25(24)29)14-12-13-21-32-23-15-8-6-9-16-23/h6-9,15-16,18-19,24-26,29H,10,12-14,17,20-21H2,1-5H3,(H,30,31)/t11?,24-,25+,26?/m1/s1. The molecule has 0 heterocycles. The molecule has 1 aliphatic rings. The predicted octanol–water partition coefficient (Wildman–Crippen LogP) is 6.51. The van der Waals surface area contributed by atoms with Crippen molar-refractivity contribution in [3.8, 4) is 5.75 Å². The first kappa shape index (κ1) is 28.1. The molecule has 34 heavy (non-hydrogen) atoms. The number of carboxylic acids is 1. The van der Waals surface area contributed by atoms with Crippen LogP contribution in [-0.2, 0) is 9.22 Å². The lowest BCUT2D eigenvalue weighted by molar-refractivity contribution is -0.143. The normalized spacial score (nSPS) is 19.2. The van der Waals surface area contributed by atoms with Gasteiger partial charge < -0.3 is 19.4 Å². The van der Waals surface area contributed by atoms with Gasteiger partial charge >= 0.3 is 5.97 Å². The molecule has 0 saturated carbocycles. The molecule has 3 atom stereocenters. The van der Waals surface area contributed by atoms with E-state index >= 15 is 0 Å². The van der Waals surface area contributed by atoms with Gasteiger partial charge in [0.15, 0.2) is 14.4 Å². The summed E-state index contributed by atoms with van der Waals surface area (Å²) in [5.41, 5.74) is 4.35. The molecule has 0 amide bonds. The predicted molar refractivity (Wildman–Crippen MR) is 140 cm³/mol. The highest BCUT2D eigenvalue weighted by atomic mass is 28.4. The third-order valence-electron chi connectivity index (χ3n) is 6.89. The fourth-order valence-corrected chi connectivity index (χ4v) is 4.95. The van der Waals surface area contributed by atoms with Gasteiger partial charge in [-0.2, -0.15) is 0 Å². The molecule has 0 aliphatic heterocycles. The highest BCUT2D eigenvalue weighted by Crippen LogP contribution is 2.37. The van der Waals surface area contributed by atoms with Gasteiger partial charge in [0.05, 0.1) is 12.7 Å². The molecule has 0 bridgehead atoms. The lowest BCUT2D eigenvalue weighted by Gasteiger charge is -2.37. The van der Waals surface area contributed by atoms with E-state index in [0.29, 0.717) is 13.0 Å². The number of aliphatic carboxylic acids is 1.